The minimum atomic E-state index is -0.108. The summed E-state index contributed by atoms with van der Waals surface area (Å²) in [6.07, 6.45) is 1.60. The fraction of sp³-hybridized carbons (Fsp3) is 0.167. The van der Waals surface area contributed by atoms with Gasteiger partial charge in [0.05, 0.1) is 6.20 Å². The number of aromatic amines is 1. The largest absolute Gasteiger partial charge is 0.384 e. The summed E-state index contributed by atoms with van der Waals surface area (Å²) >= 11 is 0. The van der Waals surface area contributed by atoms with Crippen LogP contribution in [0.1, 0.15) is 21.5 Å². The van der Waals surface area contributed by atoms with E-state index >= 15 is 0 Å². The zero-order chi connectivity index (χ0) is 12.3. The Balaban J connectivity index is 2.04. The number of nitrogen functional groups attached to an aromatic ring is 1. The number of benzene rings is 1. The van der Waals surface area contributed by atoms with Gasteiger partial charge in [-0.15, -0.1) is 0 Å². The number of H-pyrrole nitrogens is 1. The van der Waals surface area contributed by atoms with E-state index in [0.717, 1.165) is 11.1 Å². The molecule has 17 heavy (non-hydrogen) atoms. The predicted molar refractivity (Wildman–Crippen MR) is 65.3 cm³/mol. The Labute approximate surface area is 99.0 Å². The molecule has 0 unspecified atom stereocenters. The summed E-state index contributed by atoms with van der Waals surface area (Å²) in [5, 5.41) is 9.21. The summed E-state index contributed by atoms with van der Waals surface area (Å²) in [5.74, 6) is 0.374. The summed E-state index contributed by atoms with van der Waals surface area (Å²) in [6, 6.07) is 7.44. The van der Waals surface area contributed by atoms with Gasteiger partial charge in [-0.2, -0.15) is 5.10 Å². The van der Waals surface area contributed by atoms with E-state index < -0.39 is 0 Å². The Kier molecular flexibility index (Phi) is 3.09. The predicted octanol–water partition coefficient (Wildman–Crippen LogP) is 1.23. The Morgan fingerprint density at radius 3 is 2.88 bits per heavy atom. The van der Waals surface area contributed by atoms with Crippen molar-refractivity contribution >= 4 is 11.7 Å². The number of hydrogen-bond donors (Lipinski definition) is 3. The lowest BCUT2D eigenvalue weighted by molar-refractivity contribution is 0.0950. The standard InChI is InChI=1S/C12H14N4O/c1-8-4-2-3-5-10(8)12(17)14-6-9-7-15-16-11(9)13/h2-5,7H,6H2,1H3,(H,14,17)(H3,13,15,16). The summed E-state index contributed by atoms with van der Waals surface area (Å²) in [7, 11) is 0. The van der Waals surface area contributed by atoms with Gasteiger partial charge in [0, 0.05) is 17.7 Å². The van der Waals surface area contributed by atoms with E-state index in [1.807, 2.05) is 25.1 Å². The zero-order valence-electron chi connectivity index (χ0n) is 9.53. The molecule has 0 bridgehead atoms. The molecule has 0 spiro atoms. The van der Waals surface area contributed by atoms with Crippen LogP contribution in [-0.2, 0) is 6.54 Å². The van der Waals surface area contributed by atoms with Gasteiger partial charge in [-0.3, -0.25) is 9.89 Å². The maximum Gasteiger partial charge on any atom is 0.251 e. The van der Waals surface area contributed by atoms with E-state index in [1.54, 1.807) is 12.3 Å². The number of anilines is 1. The van der Waals surface area contributed by atoms with Crippen LogP contribution in [0.4, 0.5) is 5.82 Å². The first-order chi connectivity index (χ1) is 8.18. The molecule has 2 rings (SSSR count). The molecular formula is C12H14N4O. The topological polar surface area (TPSA) is 83.8 Å². The smallest absolute Gasteiger partial charge is 0.251 e. The van der Waals surface area contributed by atoms with Gasteiger partial charge in [-0.1, -0.05) is 18.2 Å². The molecule has 2 aromatic rings. The molecule has 1 amide bonds. The second-order valence-electron chi connectivity index (χ2n) is 3.81. The highest BCUT2D eigenvalue weighted by Gasteiger charge is 2.08. The molecule has 0 aliphatic heterocycles. The first-order valence-corrected chi connectivity index (χ1v) is 5.30. The van der Waals surface area contributed by atoms with Crippen LogP contribution in [0.25, 0.3) is 0 Å². The third kappa shape index (κ3) is 2.44. The molecule has 0 aliphatic rings. The Hall–Kier alpha value is -2.30. The average Bonchev–Trinajstić information content (AvgIpc) is 2.72. The average molecular weight is 230 g/mol. The Morgan fingerprint density at radius 1 is 1.47 bits per heavy atom. The van der Waals surface area contributed by atoms with Crippen LogP contribution in [0, 0.1) is 6.92 Å². The molecule has 0 fully saturated rings. The van der Waals surface area contributed by atoms with Gasteiger partial charge in [-0.25, -0.2) is 0 Å². The number of carbonyl (C=O) groups is 1. The molecule has 1 heterocycles. The number of aryl methyl sites for hydroxylation is 1. The third-order valence-corrected chi connectivity index (χ3v) is 2.58. The van der Waals surface area contributed by atoms with E-state index in [0.29, 0.717) is 17.9 Å². The monoisotopic (exact) mass is 230 g/mol. The van der Waals surface area contributed by atoms with Crippen molar-refractivity contribution in [3.05, 3.63) is 47.2 Å². The molecule has 0 aliphatic carbocycles. The number of rotatable bonds is 3. The lowest BCUT2D eigenvalue weighted by Gasteiger charge is -2.06. The van der Waals surface area contributed by atoms with Crippen molar-refractivity contribution in [3.8, 4) is 0 Å². The van der Waals surface area contributed by atoms with Crippen molar-refractivity contribution in [2.24, 2.45) is 0 Å². The maximum absolute atomic E-state index is 11.9. The van der Waals surface area contributed by atoms with Crippen LogP contribution >= 0.6 is 0 Å². The molecule has 4 N–H and O–H groups in total. The van der Waals surface area contributed by atoms with E-state index in [2.05, 4.69) is 15.5 Å². The van der Waals surface area contributed by atoms with E-state index in [-0.39, 0.29) is 5.91 Å². The fourth-order valence-corrected chi connectivity index (χ4v) is 1.56. The number of hydrogen-bond acceptors (Lipinski definition) is 3. The molecule has 88 valence electrons. The Morgan fingerprint density at radius 2 is 2.24 bits per heavy atom. The fourth-order valence-electron chi connectivity index (χ4n) is 1.56. The number of nitrogens with one attached hydrogen (secondary N) is 2. The van der Waals surface area contributed by atoms with Crippen molar-refractivity contribution in [1.29, 1.82) is 0 Å². The second-order valence-corrected chi connectivity index (χ2v) is 3.81. The van der Waals surface area contributed by atoms with Crippen molar-refractivity contribution in [2.45, 2.75) is 13.5 Å². The Bertz CT molecular complexity index is 533. The molecule has 0 saturated carbocycles. The quantitative estimate of drug-likeness (QED) is 0.741. The SMILES string of the molecule is Cc1ccccc1C(=O)NCc1cn[nH]c1N. The molecule has 0 atom stereocenters. The number of amides is 1. The van der Waals surface area contributed by atoms with Crippen LogP contribution in [0.5, 0.6) is 0 Å². The van der Waals surface area contributed by atoms with Crippen LogP contribution < -0.4 is 11.1 Å². The maximum atomic E-state index is 11.9. The van der Waals surface area contributed by atoms with E-state index in [9.17, 15) is 4.79 Å². The summed E-state index contributed by atoms with van der Waals surface area (Å²) in [5.41, 5.74) is 8.03. The van der Waals surface area contributed by atoms with Crippen LogP contribution in [0.3, 0.4) is 0 Å². The summed E-state index contributed by atoms with van der Waals surface area (Å²) < 4.78 is 0. The van der Waals surface area contributed by atoms with Crippen molar-refractivity contribution in [1.82, 2.24) is 15.5 Å². The van der Waals surface area contributed by atoms with E-state index in [1.165, 1.54) is 0 Å². The molecule has 5 heteroatoms. The van der Waals surface area contributed by atoms with Gasteiger partial charge >= 0.3 is 0 Å². The van der Waals surface area contributed by atoms with Gasteiger partial charge in [0.2, 0.25) is 0 Å². The third-order valence-electron chi connectivity index (χ3n) is 2.58. The number of nitrogens with zero attached hydrogens (tertiary/aromatic N) is 1. The second kappa shape index (κ2) is 4.69. The van der Waals surface area contributed by atoms with Gasteiger partial charge in [0.25, 0.3) is 5.91 Å². The van der Waals surface area contributed by atoms with Crippen molar-refractivity contribution < 1.29 is 4.79 Å². The highest BCUT2D eigenvalue weighted by molar-refractivity contribution is 5.95. The number of nitrogens with two attached hydrogens (primary N) is 1. The van der Waals surface area contributed by atoms with Gasteiger partial charge in [0.1, 0.15) is 5.82 Å². The highest BCUT2D eigenvalue weighted by atomic mass is 16.1. The first-order valence-electron chi connectivity index (χ1n) is 5.30. The van der Waals surface area contributed by atoms with Gasteiger partial charge in [-0.05, 0) is 18.6 Å². The number of carbonyl (C=O) groups excluding carboxylic acids is 1. The van der Waals surface area contributed by atoms with Gasteiger partial charge in [0.15, 0.2) is 0 Å². The van der Waals surface area contributed by atoms with E-state index in [4.69, 9.17) is 5.73 Å². The minimum absolute atomic E-state index is 0.108. The molecule has 5 nitrogen and oxygen atoms in total. The lowest BCUT2D eigenvalue weighted by atomic mass is 10.1. The molecular weight excluding hydrogens is 216 g/mol. The molecule has 0 radical (unpaired) electrons. The zero-order valence-corrected chi connectivity index (χ0v) is 9.53. The van der Waals surface area contributed by atoms with Crippen molar-refractivity contribution in [3.63, 3.8) is 0 Å². The highest BCUT2D eigenvalue weighted by Crippen LogP contribution is 2.08. The molecule has 1 aromatic carbocycles. The molecule has 1 aromatic heterocycles. The normalized spacial score (nSPS) is 10.2. The lowest BCUT2D eigenvalue weighted by Crippen LogP contribution is -2.23. The molecule has 0 saturated heterocycles. The summed E-state index contributed by atoms with van der Waals surface area (Å²) in [6.45, 7) is 2.27. The van der Waals surface area contributed by atoms with Gasteiger partial charge < -0.3 is 11.1 Å². The summed E-state index contributed by atoms with van der Waals surface area (Å²) in [4.78, 5) is 11.9. The van der Waals surface area contributed by atoms with Crippen LogP contribution in [-0.4, -0.2) is 16.1 Å². The first kappa shape index (κ1) is 11.2. The van der Waals surface area contributed by atoms with Crippen molar-refractivity contribution in [2.75, 3.05) is 5.73 Å². The van der Waals surface area contributed by atoms with Crippen LogP contribution in [0.15, 0.2) is 30.5 Å². The van der Waals surface area contributed by atoms with Crippen LogP contribution in [0.2, 0.25) is 0 Å². The minimum Gasteiger partial charge on any atom is -0.384 e. The number of aromatic nitrogens is 2.